The van der Waals surface area contributed by atoms with Gasteiger partial charge < -0.3 is 9.47 Å². The molecule has 5 heteroatoms. The third kappa shape index (κ3) is 2.67. The molecule has 0 aliphatic carbocycles. The SMILES string of the molecule is CCOC(=O)[C@@H]1COc2c(Cl)cc(Cl)cc2C1. The average Bonchev–Trinajstić information content (AvgIpc) is 2.28. The molecule has 1 aliphatic heterocycles. The molecule has 0 saturated carbocycles. The molecule has 2 rings (SSSR count). The van der Waals surface area contributed by atoms with Gasteiger partial charge in [0.1, 0.15) is 12.4 Å². The fourth-order valence-corrected chi connectivity index (χ4v) is 2.44. The highest BCUT2D eigenvalue weighted by Gasteiger charge is 2.28. The van der Waals surface area contributed by atoms with Crippen molar-refractivity contribution < 1.29 is 14.3 Å². The van der Waals surface area contributed by atoms with Gasteiger partial charge in [-0.15, -0.1) is 0 Å². The zero-order valence-corrected chi connectivity index (χ0v) is 10.8. The molecule has 92 valence electrons. The number of carbonyl (C=O) groups is 1. The number of halogens is 2. The molecule has 1 aromatic rings. The van der Waals surface area contributed by atoms with Crippen molar-refractivity contribution in [2.24, 2.45) is 5.92 Å². The van der Waals surface area contributed by atoms with E-state index in [0.717, 1.165) is 5.56 Å². The lowest BCUT2D eigenvalue weighted by Crippen LogP contribution is -2.29. The summed E-state index contributed by atoms with van der Waals surface area (Å²) in [6, 6.07) is 3.40. The Hall–Kier alpha value is -0.930. The van der Waals surface area contributed by atoms with Gasteiger partial charge in [-0.05, 0) is 31.0 Å². The van der Waals surface area contributed by atoms with Crippen LogP contribution in [0.15, 0.2) is 12.1 Å². The number of benzene rings is 1. The zero-order chi connectivity index (χ0) is 12.4. The molecule has 1 aromatic carbocycles. The van der Waals surface area contributed by atoms with Crippen LogP contribution in [0, 0.1) is 5.92 Å². The van der Waals surface area contributed by atoms with Crippen molar-refractivity contribution in [1.29, 1.82) is 0 Å². The molecule has 17 heavy (non-hydrogen) atoms. The first-order valence-electron chi connectivity index (χ1n) is 5.39. The lowest BCUT2D eigenvalue weighted by atomic mass is 9.97. The van der Waals surface area contributed by atoms with Gasteiger partial charge in [0.2, 0.25) is 0 Å². The van der Waals surface area contributed by atoms with Crippen molar-refractivity contribution in [3.8, 4) is 5.75 Å². The maximum atomic E-state index is 11.6. The predicted molar refractivity (Wildman–Crippen MR) is 65.8 cm³/mol. The Labute approximate surface area is 110 Å². The first-order chi connectivity index (χ1) is 8.11. The van der Waals surface area contributed by atoms with Crippen LogP contribution >= 0.6 is 23.2 Å². The molecule has 3 nitrogen and oxygen atoms in total. The van der Waals surface area contributed by atoms with Crippen LogP contribution in [0.5, 0.6) is 5.75 Å². The molecule has 1 atom stereocenters. The lowest BCUT2D eigenvalue weighted by Gasteiger charge is -2.24. The summed E-state index contributed by atoms with van der Waals surface area (Å²) in [5.74, 6) is 0.0999. The van der Waals surface area contributed by atoms with Gasteiger partial charge >= 0.3 is 5.97 Å². The Bertz CT molecular complexity index is 446. The van der Waals surface area contributed by atoms with Gasteiger partial charge in [0.05, 0.1) is 17.5 Å². The number of ether oxygens (including phenoxy) is 2. The second kappa shape index (κ2) is 5.15. The van der Waals surface area contributed by atoms with Gasteiger partial charge in [-0.1, -0.05) is 23.2 Å². The first kappa shape index (κ1) is 12.5. The van der Waals surface area contributed by atoms with Gasteiger partial charge in [-0.25, -0.2) is 0 Å². The summed E-state index contributed by atoms with van der Waals surface area (Å²) in [5.41, 5.74) is 0.854. The van der Waals surface area contributed by atoms with Crippen LogP contribution < -0.4 is 4.74 Å². The highest BCUT2D eigenvalue weighted by molar-refractivity contribution is 6.35. The molecule has 0 spiro atoms. The van der Waals surface area contributed by atoms with Crippen molar-refractivity contribution in [3.05, 3.63) is 27.7 Å². The summed E-state index contributed by atoms with van der Waals surface area (Å²) in [7, 11) is 0. The molecule has 0 amide bonds. The fourth-order valence-electron chi connectivity index (χ4n) is 1.85. The molecule has 0 aromatic heterocycles. The smallest absolute Gasteiger partial charge is 0.312 e. The number of hydrogen-bond donors (Lipinski definition) is 0. The van der Waals surface area contributed by atoms with Crippen molar-refractivity contribution >= 4 is 29.2 Å². The maximum absolute atomic E-state index is 11.6. The molecule has 1 heterocycles. The lowest BCUT2D eigenvalue weighted by molar-refractivity contribution is -0.149. The second-order valence-electron chi connectivity index (χ2n) is 3.84. The molecule has 0 bridgehead atoms. The number of esters is 1. The van der Waals surface area contributed by atoms with E-state index in [0.29, 0.717) is 35.4 Å². The summed E-state index contributed by atoms with van der Waals surface area (Å²) < 4.78 is 10.5. The van der Waals surface area contributed by atoms with Gasteiger partial charge in [-0.3, -0.25) is 4.79 Å². The number of fused-ring (bicyclic) bond motifs is 1. The van der Waals surface area contributed by atoms with E-state index in [-0.39, 0.29) is 11.9 Å². The van der Waals surface area contributed by atoms with E-state index >= 15 is 0 Å². The van der Waals surface area contributed by atoms with Crippen molar-refractivity contribution in [2.45, 2.75) is 13.3 Å². The molecule has 0 radical (unpaired) electrons. The maximum Gasteiger partial charge on any atom is 0.312 e. The first-order valence-corrected chi connectivity index (χ1v) is 6.14. The Kier molecular flexibility index (Phi) is 3.79. The molecular weight excluding hydrogens is 263 g/mol. The van der Waals surface area contributed by atoms with Crippen LogP contribution in [0.1, 0.15) is 12.5 Å². The van der Waals surface area contributed by atoms with Crippen LogP contribution in [0.4, 0.5) is 0 Å². The van der Waals surface area contributed by atoms with Gasteiger partial charge in [-0.2, -0.15) is 0 Å². The summed E-state index contributed by atoms with van der Waals surface area (Å²) >= 11 is 11.9. The van der Waals surface area contributed by atoms with Crippen molar-refractivity contribution in [1.82, 2.24) is 0 Å². The third-order valence-electron chi connectivity index (χ3n) is 2.60. The Morgan fingerprint density at radius 3 is 3.00 bits per heavy atom. The Balaban J connectivity index is 2.21. The standard InChI is InChI=1S/C12H12Cl2O3/c1-2-16-12(15)8-3-7-4-9(13)5-10(14)11(7)17-6-8/h4-5,8H,2-3,6H2,1H3/t8-/m0/s1. The van der Waals surface area contributed by atoms with E-state index in [2.05, 4.69) is 0 Å². The molecular formula is C12H12Cl2O3. The predicted octanol–water partition coefficient (Wildman–Crippen LogP) is 3.11. The average molecular weight is 275 g/mol. The topological polar surface area (TPSA) is 35.5 Å². The number of carbonyl (C=O) groups excluding carboxylic acids is 1. The summed E-state index contributed by atoms with van der Waals surface area (Å²) in [6.45, 7) is 2.45. The van der Waals surface area contributed by atoms with E-state index in [1.165, 1.54) is 0 Å². The van der Waals surface area contributed by atoms with Crippen molar-refractivity contribution in [2.75, 3.05) is 13.2 Å². The van der Waals surface area contributed by atoms with Gasteiger partial charge in [0, 0.05) is 5.02 Å². The van der Waals surface area contributed by atoms with E-state index < -0.39 is 0 Å². The van der Waals surface area contributed by atoms with Crippen LogP contribution in [0.2, 0.25) is 10.0 Å². The second-order valence-corrected chi connectivity index (χ2v) is 4.68. The normalized spacial score (nSPS) is 18.2. The molecule has 0 fully saturated rings. The van der Waals surface area contributed by atoms with Crippen molar-refractivity contribution in [3.63, 3.8) is 0 Å². The van der Waals surface area contributed by atoms with E-state index in [1.807, 2.05) is 0 Å². The largest absolute Gasteiger partial charge is 0.491 e. The van der Waals surface area contributed by atoms with Gasteiger partial charge in [0.25, 0.3) is 0 Å². The summed E-state index contributed by atoms with van der Waals surface area (Å²) in [5, 5.41) is 1.02. The minimum Gasteiger partial charge on any atom is -0.491 e. The number of hydrogen-bond acceptors (Lipinski definition) is 3. The van der Waals surface area contributed by atoms with Crippen LogP contribution in [0.3, 0.4) is 0 Å². The third-order valence-corrected chi connectivity index (χ3v) is 3.10. The van der Waals surface area contributed by atoms with Gasteiger partial charge in [0.15, 0.2) is 0 Å². The van der Waals surface area contributed by atoms with Crippen LogP contribution in [-0.2, 0) is 16.0 Å². The molecule has 1 aliphatic rings. The highest BCUT2D eigenvalue weighted by Crippen LogP contribution is 2.37. The van der Waals surface area contributed by atoms with E-state index in [9.17, 15) is 4.79 Å². The molecule has 0 unspecified atom stereocenters. The minimum atomic E-state index is -0.281. The summed E-state index contributed by atoms with van der Waals surface area (Å²) in [6.07, 6.45) is 0.550. The highest BCUT2D eigenvalue weighted by atomic mass is 35.5. The molecule has 0 N–H and O–H groups in total. The van der Waals surface area contributed by atoms with E-state index in [4.69, 9.17) is 32.7 Å². The Morgan fingerprint density at radius 2 is 2.29 bits per heavy atom. The fraction of sp³-hybridized carbons (Fsp3) is 0.417. The monoisotopic (exact) mass is 274 g/mol. The quantitative estimate of drug-likeness (QED) is 0.778. The Morgan fingerprint density at radius 1 is 1.53 bits per heavy atom. The summed E-state index contributed by atoms with van der Waals surface area (Å²) in [4.78, 5) is 11.6. The zero-order valence-electron chi connectivity index (χ0n) is 9.33. The van der Waals surface area contributed by atoms with Crippen LogP contribution in [-0.4, -0.2) is 19.2 Å². The molecule has 0 saturated heterocycles. The van der Waals surface area contributed by atoms with E-state index in [1.54, 1.807) is 19.1 Å². The minimum absolute atomic E-state index is 0.241. The van der Waals surface area contributed by atoms with Crippen LogP contribution in [0.25, 0.3) is 0 Å². The number of rotatable bonds is 2.